The quantitative estimate of drug-likeness (QED) is 0.693. The molecule has 0 radical (unpaired) electrons. The van der Waals surface area contributed by atoms with Gasteiger partial charge in [0.05, 0.1) is 18.3 Å². The van der Waals surface area contributed by atoms with E-state index in [1.165, 1.54) is 44.9 Å². The lowest BCUT2D eigenvalue weighted by Crippen LogP contribution is -2.32. The first-order chi connectivity index (χ1) is 9.65. The molecule has 20 heavy (non-hydrogen) atoms. The summed E-state index contributed by atoms with van der Waals surface area (Å²) in [7, 11) is 1.76. The van der Waals surface area contributed by atoms with Crippen LogP contribution in [0.1, 0.15) is 58.8 Å². The molecular weight excluding hydrogens is 250 g/mol. The van der Waals surface area contributed by atoms with E-state index >= 15 is 0 Å². The van der Waals surface area contributed by atoms with Crippen LogP contribution in [0.15, 0.2) is 0 Å². The molecule has 3 nitrogen and oxygen atoms in total. The van der Waals surface area contributed by atoms with Crippen molar-refractivity contribution in [3.63, 3.8) is 0 Å². The van der Waals surface area contributed by atoms with Crippen molar-refractivity contribution < 1.29 is 9.47 Å². The molecule has 1 spiro atoms. The molecule has 1 saturated heterocycles. The van der Waals surface area contributed by atoms with E-state index in [-0.39, 0.29) is 5.60 Å². The molecule has 2 unspecified atom stereocenters. The van der Waals surface area contributed by atoms with E-state index in [1.807, 2.05) is 0 Å². The average molecular weight is 283 g/mol. The van der Waals surface area contributed by atoms with Crippen LogP contribution in [-0.4, -0.2) is 38.5 Å². The van der Waals surface area contributed by atoms with Crippen LogP contribution in [0.25, 0.3) is 0 Å². The Kier molecular flexibility index (Phi) is 6.31. The van der Waals surface area contributed by atoms with Gasteiger partial charge in [-0.25, -0.2) is 0 Å². The molecule has 3 heteroatoms. The Bertz CT molecular complexity index is 274. The van der Waals surface area contributed by atoms with Gasteiger partial charge in [0, 0.05) is 13.7 Å². The van der Waals surface area contributed by atoms with Gasteiger partial charge < -0.3 is 14.8 Å². The fourth-order valence-corrected chi connectivity index (χ4v) is 3.84. The van der Waals surface area contributed by atoms with Gasteiger partial charge in [0.1, 0.15) is 0 Å². The molecule has 1 heterocycles. The van der Waals surface area contributed by atoms with Crippen molar-refractivity contribution in [1.82, 2.24) is 5.32 Å². The van der Waals surface area contributed by atoms with Gasteiger partial charge in [0.25, 0.3) is 0 Å². The fourth-order valence-electron chi connectivity index (χ4n) is 3.84. The minimum absolute atomic E-state index is 0.287. The van der Waals surface area contributed by atoms with Gasteiger partial charge in [-0.1, -0.05) is 26.7 Å². The molecule has 0 aromatic carbocycles. The molecule has 0 bridgehead atoms. The number of hydrogen-bond donors (Lipinski definition) is 1. The van der Waals surface area contributed by atoms with Gasteiger partial charge in [-0.2, -0.15) is 0 Å². The highest BCUT2D eigenvalue weighted by atomic mass is 16.5. The Balaban J connectivity index is 1.74. The van der Waals surface area contributed by atoms with Gasteiger partial charge in [0.2, 0.25) is 0 Å². The molecule has 2 atom stereocenters. The maximum absolute atomic E-state index is 6.47. The summed E-state index contributed by atoms with van der Waals surface area (Å²) in [6.45, 7) is 7.52. The Morgan fingerprint density at radius 2 is 2.00 bits per heavy atom. The molecule has 0 amide bonds. The van der Waals surface area contributed by atoms with Crippen LogP contribution < -0.4 is 5.32 Å². The summed E-state index contributed by atoms with van der Waals surface area (Å²) in [5.41, 5.74) is 0.287. The van der Waals surface area contributed by atoms with Crippen LogP contribution >= 0.6 is 0 Å². The van der Waals surface area contributed by atoms with Crippen molar-refractivity contribution >= 4 is 0 Å². The maximum Gasteiger partial charge on any atom is 0.0687 e. The van der Waals surface area contributed by atoms with Crippen LogP contribution in [0.3, 0.4) is 0 Å². The number of hydrogen-bond acceptors (Lipinski definition) is 3. The standard InChI is InChI=1S/C17H33NO2/c1-14(2)15(13-18-10-11-19-3)12-16-6-9-17(20-16)7-4-5-8-17/h14-16,18H,4-13H2,1-3H3. The third kappa shape index (κ3) is 4.44. The Hall–Kier alpha value is -0.120. The number of rotatable bonds is 8. The summed E-state index contributed by atoms with van der Waals surface area (Å²) in [4.78, 5) is 0. The summed E-state index contributed by atoms with van der Waals surface area (Å²) in [6, 6.07) is 0. The summed E-state index contributed by atoms with van der Waals surface area (Å²) >= 11 is 0. The SMILES string of the molecule is COCCNCC(CC1CCC2(CCCC2)O1)C(C)C. The lowest BCUT2D eigenvalue weighted by Gasteiger charge is -2.27. The van der Waals surface area contributed by atoms with Crippen LogP contribution in [0.2, 0.25) is 0 Å². The highest BCUT2D eigenvalue weighted by Crippen LogP contribution is 2.44. The molecule has 1 aliphatic heterocycles. The molecule has 0 aromatic heterocycles. The first kappa shape index (κ1) is 16.3. The van der Waals surface area contributed by atoms with E-state index in [2.05, 4.69) is 19.2 Å². The van der Waals surface area contributed by atoms with E-state index in [9.17, 15) is 0 Å². The largest absolute Gasteiger partial charge is 0.383 e. The Labute approximate surface area is 124 Å². The predicted octanol–water partition coefficient (Wildman–Crippen LogP) is 3.38. The van der Waals surface area contributed by atoms with E-state index < -0.39 is 0 Å². The number of nitrogens with one attached hydrogen (secondary N) is 1. The van der Waals surface area contributed by atoms with Gasteiger partial charge >= 0.3 is 0 Å². The summed E-state index contributed by atoms with van der Waals surface area (Å²) in [5, 5.41) is 3.52. The van der Waals surface area contributed by atoms with Crippen molar-refractivity contribution in [3.8, 4) is 0 Å². The van der Waals surface area contributed by atoms with Crippen LogP contribution in [-0.2, 0) is 9.47 Å². The second-order valence-electron chi connectivity index (χ2n) is 7.11. The molecule has 2 aliphatic rings. The molecule has 1 aliphatic carbocycles. The van der Waals surface area contributed by atoms with Crippen molar-refractivity contribution in [2.24, 2.45) is 11.8 Å². The summed E-state index contributed by atoms with van der Waals surface area (Å²) < 4.78 is 11.6. The van der Waals surface area contributed by atoms with Crippen LogP contribution in [0.5, 0.6) is 0 Å². The second kappa shape index (κ2) is 7.77. The predicted molar refractivity (Wildman–Crippen MR) is 83.0 cm³/mol. The molecule has 2 rings (SSSR count). The van der Waals surface area contributed by atoms with Gasteiger partial charge in [-0.15, -0.1) is 0 Å². The molecule has 1 N–H and O–H groups in total. The first-order valence-corrected chi connectivity index (χ1v) is 8.53. The second-order valence-corrected chi connectivity index (χ2v) is 7.11. The van der Waals surface area contributed by atoms with Crippen molar-refractivity contribution in [1.29, 1.82) is 0 Å². The normalized spacial score (nSPS) is 26.7. The zero-order chi connectivity index (χ0) is 14.4. The van der Waals surface area contributed by atoms with Gasteiger partial charge in [-0.05, 0) is 50.5 Å². The van der Waals surface area contributed by atoms with Crippen LogP contribution in [0.4, 0.5) is 0 Å². The third-order valence-electron chi connectivity index (χ3n) is 5.25. The third-order valence-corrected chi connectivity index (χ3v) is 5.25. The fraction of sp³-hybridized carbons (Fsp3) is 1.00. The maximum atomic E-state index is 6.47. The van der Waals surface area contributed by atoms with Crippen molar-refractivity contribution in [2.45, 2.75) is 70.5 Å². The van der Waals surface area contributed by atoms with E-state index in [0.29, 0.717) is 17.9 Å². The zero-order valence-corrected chi connectivity index (χ0v) is 13.6. The molecular formula is C17H33NO2. The van der Waals surface area contributed by atoms with Crippen molar-refractivity contribution in [2.75, 3.05) is 26.8 Å². The van der Waals surface area contributed by atoms with Gasteiger partial charge in [0.15, 0.2) is 0 Å². The zero-order valence-electron chi connectivity index (χ0n) is 13.6. The highest BCUT2D eigenvalue weighted by molar-refractivity contribution is 4.93. The average Bonchev–Trinajstić information content (AvgIpc) is 3.04. The smallest absolute Gasteiger partial charge is 0.0687 e. The van der Waals surface area contributed by atoms with E-state index in [1.54, 1.807) is 7.11 Å². The minimum atomic E-state index is 0.287. The lowest BCUT2D eigenvalue weighted by molar-refractivity contribution is -0.0462. The topological polar surface area (TPSA) is 30.5 Å². The van der Waals surface area contributed by atoms with Crippen LogP contribution in [0, 0.1) is 11.8 Å². The minimum Gasteiger partial charge on any atom is -0.383 e. The van der Waals surface area contributed by atoms with Gasteiger partial charge in [-0.3, -0.25) is 0 Å². The molecule has 2 fully saturated rings. The summed E-state index contributed by atoms with van der Waals surface area (Å²) in [6.07, 6.45) is 9.67. The lowest BCUT2D eigenvalue weighted by atomic mass is 9.89. The molecule has 1 saturated carbocycles. The van der Waals surface area contributed by atoms with E-state index in [4.69, 9.17) is 9.47 Å². The molecule has 118 valence electrons. The summed E-state index contributed by atoms with van der Waals surface area (Å²) in [5.74, 6) is 1.43. The highest BCUT2D eigenvalue weighted by Gasteiger charge is 2.42. The van der Waals surface area contributed by atoms with Crippen molar-refractivity contribution in [3.05, 3.63) is 0 Å². The first-order valence-electron chi connectivity index (χ1n) is 8.53. The molecule has 0 aromatic rings. The monoisotopic (exact) mass is 283 g/mol. The van der Waals surface area contributed by atoms with E-state index in [0.717, 1.165) is 19.7 Å². The number of methoxy groups -OCH3 is 1. The Morgan fingerprint density at radius 3 is 2.65 bits per heavy atom. The Morgan fingerprint density at radius 1 is 1.25 bits per heavy atom. The number of ether oxygens (including phenoxy) is 2.